The SMILES string of the molecule is CNc1ncnc2cc(C(=O)N(C)CC3CN(C)CCO3)ccc12. The molecule has 1 aliphatic rings. The fourth-order valence-corrected chi connectivity index (χ4v) is 2.98. The highest BCUT2D eigenvalue weighted by Crippen LogP contribution is 2.20. The molecule has 2 aromatic rings. The summed E-state index contributed by atoms with van der Waals surface area (Å²) in [6.45, 7) is 3.07. The number of carbonyl (C=O) groups excluding carboxylic acids is 1. The number of aromatic nitrogens is 2. The first kappa shape index (κ1) is 16.6. The highest BCUT2D eigenvalue weighted by atomic mass is 16.5. The van der Waals surface area contributed by atoms with Crippen LogP contribution in [0.4, 0.5) is 5.82 Å². The van der Waals surface area contributed by atoms with Gasteiger partial charge in [0.05, 0.1) is 18.2 Å². The van der Waals surface area contributed by atoms with E-state index in [0.717, 1.165) is 29.8 Å². The standard InChI is InChI=1S/C17H23N5O2/c1-18-16-14-5-4-12(8-15(14)19-11-20-16)17(23)22(3)10-13-9-21(2)6-7-24-13/h4-5,8,11,13H,6-7,9-10H2,1-3H3,(H,18,19,20). The second-order valence-electron chi connectivity index (χ2n) is 6.14. The molecule has 0 spiro atoms. The van der Waals surface area contributed by atoms with Crippen LogP contribution in [0, 0.1) is 0 Å². The molecule has 0 saturated carbocycles. The van der Waals surface area contributed by atoms with Gasteiger partial charge < -0.3 is 19.9 Å². The van der Waals surface area contributed by atoms with Crippen LogP contribution in [0.5, 0.6) is 0 Å². The Morgan fingerprint density at radius 1 is 1.46 bits per heavy atom. The van der Waals surface area contributed by atoms with Gasteiger partial charge in [-0.1, -0.05) is 0 Å². The minimum atomic E-state index is -0.0293. The third-order valence-corrected chi connectivity index (χ3v) is 4.29. The Bertz CT molecular complexity index is 736. The van der Waals surface area contributed by atoms with Crippen molar-refractivity contribution in [1.29, 1.82) is 0 Å². The first-order chi connectivity index (χ1) is 11.6. The lowest BCUT2D eigenvalue weighted by Crippen LogP contribution is -2.46. The number of nitrogens with one attached hydrogen (secondary N) is 1. The number of benzene rings is 1. The lowest BCUT2D eigenvalue weighted by Gasteiger charge is -2.32. The van der Waals surface area contributed by atoms with Gasteiger partial charge in [-0.25, -0.2) is 9.97 Å². The summed E-state index contributed by atoms with van der Waals surface area (Å²) in [5.41, 5.74) is 1.37. The number of hydrogen-bond acceptors (Lipinski definition) is 6. The molecule has 1 aromatic carbocycles. The van der Waals surface area contributed by atoms with Crippen molar-refractivity contribution in [3.63, 3.8) is 0 Å². The zero-order valence-electron chi connectivity index (χ0n) is 14.3. The van der Waals surface area contributed by atoms with Crippen molar-refractivity contribution in [3.8, 4) is 0 Å². The molecule has 0 radical (unpaired) electrons. The van der Waals surface area contributed by atoms with Gasteiger partial charge in [0.2, 0.25) is 0 Å². The maximum Gasteiger partial charge on any atom is 0.253 e. The normalized spacial score (nSPS) is 18.5. The summed E-state index contributed by atoms with van der Waals surface area (Å²) in [6.07, 6.45) is 1.55. The van der Waals surface area contributed by atoms with Crippen LogP contribution in [0.25, 0.3) is 10.9 Å². The van der Waals surface area contributed by atoms with Gasteiger partial charge in [-0.2, -0.15) is 0 Å². The summed E-state index contributed by atoms with van der Waals surface area (Å²) in [5, 5.41) is 3.93. The molecule has 2 heterocycles. The summed E-state index contributed by atoms with van der Waals surface area (Å²) in [7, 11) is 5.69. The van der Waals surface area contributed by atoms with Crippen molar-refractivity contribution in [2.45, 2.75) is 6.10 Å². The lowest BCUT2D eigenvalue weighted by atomic mass is 10.1. The second kappa shape index (κ2) is 7.11. The van der Waals surface area contributed by atoms with Crippen LogP contribution >= 0.6 is 0 Å². The van der Waals surface area contributed by atoms with Crippen molar-refractivity contribution < 1.29 is 9.53 Å². The van der Waals surface area contributed by atoms with Gasteiger partial charge in [-0.15, -0.1) is 0 Å². The van der Waals surface area contributed by atoms with E-state index >= 15 is 0 Å². The van der Waals surface area contributed by atoms with Gasteiger partial charge in [0, 0.05) is 44.7 Å². The molecule has 0 aliphatic carbocycles. The third kappa shape index (κ3) is 3.47. The molecule has 1 amide bonds. The van der Waals surface area contributed by atoms with E-state index in [9.17, 15) is 4.79 Å². The van der Waals surface area contributed by atoms with Crippen molar-refractivity contribution in [2.24, 2.45) is 0 Å². The number of rotatable bonds is 4. The average molecular weight is 329 g/mol. The van der Waals surface area contributed by atoms with Crippen LogP contribution in [0.15, 0.2) is 24.5 Å². The molecule has 1 unspecified atom stereocenters. The Morgan fingerprint density at radius 2 is 2.29 bits per heavy atom. The number of nitrogens with zero attached hydrogens (tertiary/aromatic N) is 4. The molecule has 0 bridgehead atoms. The predicted molar refractivity (Wildman–Crippen MR) is 93.3 cm³/mol. The van der Waals surface area contributed by atoms with Crippen molar-refractivity contribution >= 4 is 22.6 Å². The van der Waals surface area contributed by atoms with E-state index in [1.54, 1.807) is 4.90 Å². The molecule has 1 aliphatic heterocycles. The summed E-state index contributed by atoms with van der Waals surface area (Å²) >= 11 is 0. The topological polar surface area (TPSA) is 70.6 Å². The molecular formula is C17H23N5O2. The number of carbonyl (C=O) groups is 1. The quantitative estimate of drug-likeness (QED) is 0.905. The fraction of sp³-hybridized carbons (Fsp3) is 0.471. The van der Waals surface area contributed by atoms with Gasteiger partial charge in [0.15, 0.2) is 0 Å². The first-order valence-electron chi connectivity index (χ1n) is 8.06. The van der Waals surface area contributed by atoms with Crippen LogP contribution in [0.1, 0.15) is 10.4 Å². The van der Waals surface area contributed by atoms with Crippen molar-refractivity contribution in [3.05, 3.63) is 30.1 Å². The zero-order valence-corrected chi connectivity index (χ0v) is 14.3. The number of amides is 1. The summed E-state index contributed by atoms with van der Waals surface area (Å²) in [6, 6.07) is 5.51. The highest BCUT2D eigenvalue weighted by molar-refractivity contribution is 5.99. The van der Waals surface area contributed by atoms with E-state index in [2.05, 4.69) is 27.2 Å². The molecule has 1 N–H and O–H groups in total. The van der Waals surface area contributed by atoms with E-state index in [4.69, 9.17) is 4.74 Å². The van der Waals surface area contributed by atoms with Gasteiger partial charge in [-0.3, -0.25) is 4.79 Å². The van der Waals surface area contributed by atoms with Gasteiger partial charge >= 0.3 is 0 Å². The summed E-state index contributed by atoms with van der Waals surface area (Å²) < 4.78 is 5.74. The maximum absolute atomic E-state index is 12.7. The number of anilines is 1. The molecule has 1 atom stereocenters. The first-order valence-corrected chi connectivity index (χ1v) is 8.06. The number of morpholine rings is 1. The third-order valence-electron chi connectivity index (χ3n) is 4.29. The summed E-state index contributed by atoms with van der Waals surface area (Å²) in [5.74, 6) is 0.726. The monoisotopic (exact) mass is 329 g/mol. The fourth-order valence-electron chi connectivity index (χ4n) is 2.98. The number of likely N-dealkylation sites (N-methyl/N-ethyl adjacent to an activating group) is 2. The van der Waals surface area contributed by atoms with E-state index < -0.39 is 0 Å². The second-order valence-corrected chi connectivity index (χ2v) is 6.14. The number of hydrogen-bond donors (Lipinski definition) is 1. The molecule has 1 fully saturated rings. The van der Waals surface area contributed by atoms with Crippen LogP contribution in [0.3, 0.4) is 0 Å². The molecule has 1 aromatic heterocycles. The Morgan fingerprint density at radius 3 is 3.04 bits per heavy atom. The van der Waals surface area contributed by atoms with Crippen molar-refractivity contribution in [2.75, 3.05) is 52.7 Å². The van der Waals surface area contributed by atoms with Gasteiger partial charge in [-0.05, 0) is 25.2 Å². The Balaban J connectivity index is 1.75. The average Bonchev–Trinajstić information content (AvgIpc) is 2.60. The lowest BCUT2D eigenvalue weighted by molar-refractivity contribution is -0.0301. The van der Waals surface area contributed by atoms with Crippen LogP contribution in [-0.4, -0.2) is 79.2 Å². The number of fused-ring (bicyclic) bond motifs is 1. The van der Waals surface area contributed by atoms with Gasteiger partial charge in [0.1, 0.15) is 12.1 Å². The van der Waals surface area contributed by atoms with Crippen molar-refractivity contribution in [1.82, 2.24) is 19.8 Å². The van der Waals surface area contributed by atoms with E-state index in [-0.39, 0.29) is 12.0 Å². The Hall–Kier alpha value is -2.25. The molecule has 1 saturated heterocycles. The largest absolute Gasteiger partial charge is 0.374 e. The summed E-state index contributed by atoms with van der Waals surface area (Å²) in [4.78, 5) is 25.1. The zero-order chi connectivity index (χ0) is 17.1. The number of ether oxygens (including phenoxy) is 1. The van der Waals surface area contributed by atoms with E-state index in [1.807, 2.05) is 32.3 Å². The van der Waals surface area contributed by atoms with Crippen LogP contribution in [0.2, 0.25) is 0 Å². The highest BCUT2D eigenvalue weighted by Gasteiger charge is 2.22. The molecule has 7 heteroatoms. The van der Waals surface area contributed by atoms with E-state index in [0.29, 0.717) is 18.7 Å². The minimum absolute atomic E-state index is 0.0293. The van der Waals surface area contributed by atoms with Crippen LogP contribution in [-0.2, 0) is 4.74 Å². The Labute approximate surface area is 141 Å². The van der Waals surface area contributed by atoms with E-state index in [1.165, 1.54) is 6.33 Å². The molecule has 7 nitrogen and oxygen atoms in total. The maximum atomic E-state index is 12.7. The molecular weight excluding hydrogens is 306 g/mol. The smallest absolute Gasteiger partial charge is 0.253 e. The van der Waals surface area contributed by atoms with Gasteiger partial charge in [0.25, 0.3) is 5.91 Å². The molecule has 3 rings (SSSR count). The Kier molecular flexibility index (Phi) is 4.92. The molecule has 24 heavy (non-hydrogen) atoms. The minimum Gasteiger partial charge on any atom is -0.374 e. The molecule has 128 valence electrons. The predicted octanol–water partition coefficient (Wildman–Crippen LogP) is 1.07. The van der Waals surface area contributed by atoms with Crippen LogP contribution < -0.4 is 5.32 Å².